The molecule has 0 saturated carbocycles. The van der Waals surface area contributed by atoms with E-state index in [0.29, 0.717) is 12.1 Å². The molecule has 96 valence electrons. The Balaban J connectivity index is 1.86. The Hall–Kier alpha value is -2.01. The number of hydrogen-bond acceptors (Lipinski definition) is 4. The number of ketones is 1. The molecule has 0 amide bonds. The normalized spacial score (nSPS) is 11.1. The zero-order chi connectivity index (χ0) is 13.4. The monoisotopic (exact) mass is 271 g/mol. The summed E-state index contributed by atoms with van der Waals surface area (Å²) < 4.78 is 1.93. The van der Waals surface area contributed by atoms with Gasteiger partial charge in [0.05, 0.1) is 12.1 Å². The number of hydrogen-bond donors (Lipinski definition) is 0. The zero-order valence-electron chi connectivity index (χ0n) is 10.8. The molecule has 4 nitrogen and oxygen atoms in total. The maximum atomic E-state index is 12.2. The Morgan fingerprint density at radius 2 is 2.26 bits per heavy atom. The van der Waals surface area contributed by atoms with Crippen molar-refractivity contribution in [3.8, 4) is 0 Å². The summed E-state index contributed by atoms with van der Waals surface area (Å²) in [4.78, 5) is 21.8. The van der Waals surface area contributed by atoms with Crippen LogP contribution in [0.15, 0.2) is 30.0 Å². The van der Waals surface area contributed by atoms with Crippen LogP contribution in [-0.2, 0) is 6.42 Å². The summed E-state index contributed by atoms with van der Waals surface area (Å²) in [6, 6.07) is 1.98. The van der Waals surface area contributed by atoms with Gasteiger partial charge in [-0.3, -0.25) is 14.2 Å². The number of Topliss-reactive ketones (excluding diaryl/α,β-unsaturated/α-hetero) is 1. The van der Waals surface area contributed by atoms with Crippen LogP contribution in [0.4, 0.5) is 0 Å². The second-order valence-corrected chi connectivity index (χ2v) is 5.48. The fourth-order valence-electron chi connectivity index (χ4n) is 2.12. The molecular formula is C14H13N3OS. The van der Waals surface area contributed by atoms with E-state index in [0.717, 1.165) is 21.8 Å². The van der Waals surface area contributed by atoms with Crippen LogP contribution in [0.1, 0.15) is 27.3 Å². The van der Waals surface area contributed by atoms with E-state index in [4.69, 9.17) is 0 Å². The van der Waals surface area contributed by atoms with Crippen molar-refractivity contribution >= 4 is 22.1 Å². The molecule has 0 radical (unpaired) electrons. The topological polar surface area (TPSA) is 47.3 Å². The molecule has 0 bridgehead atoms. The smallest absolute Gasteiger partial charge is 0.193 e. The van der Waals surface area contributed by atoms with E-state index in [1.807, 2.05) is 42.1 Å². The lowest BCUT2D eigenvalue weighted by Crippen LogP contribution is -2.08. The molecule has 19 heavy (non-hydrogen) atoms. The number of thiazole rings is 1. The molecule has 0 spiro atoms. The first-order valence-corrected chi connectivity index (χ1v) is 6.89. The van der Waals surface area contributed by atoms with Crippen LogP contribution in [0.25, 0.3) is 4.96 Å². The minimum Gasteiger partial charge on any atom is -0.297 e. The minimum atomic E-state index is 0.0169. The van der Waals surface area contributed by atoms with E-state index in [1.54, 1.807) is 17.5 Å². The van der Waals surface area contributed by atoms with E-state index >= 15 is 0 Å². The largest absolute Gasteiger partial charge is 0.297 e. The van der Waals surface area contributed by atoms with Crippen LogP contribution in [-0.4, -0.2) is 20.2 Å². The molecule has 3 heterocycles. The number of nitrogens with zero attached hydrogens (tertiary/aromatic N) is 3. The van der Waals surface area contributed by atoms with Crippen molar-refractivity contribution in [3.63, 3.8) is 0 Å². The lowest BCUT2D eigenvalue weighted by Gasteiger charge is -2.03. The molecule has 0 aromatic carbocycles. The van der Waals surface area contributed by atoms with Gasteiger partial charge in [0.15, 0.2) is 10.7 Å². The zero-order valence-corrected chi connectivity index (χ0v) is 11.6. The fraction of sp³-hybridized carbons (Fsp3) is 0.214. The van der Waals surface area contributed by atoms with Crippen molar-refractivity contribution in [1.82, 2.24) is 14.4 Å². The predicted octanol–water partition coefficient (Wildman–Crippen LogP) is 2.83. The van der Waals surface area contributed by atoms with E-state index in [-0.39, 0.29) is 5.78 Å². The van der Waals surface area contributed by atoms with Gasteiger partial charge >= 0.3 is 0 Å². The number of rotatable bonds is 3. The van der Waals surface area contributed by atoms with Crippen molar-refractivity contribution in [2.24, 2.45) is 0 Å². The Morgan fingerprint density at radius 1 is 1.42 bits per heavy atom. The molecule has 3 aromatic heterocycles. The fourth-order valence-corrected chi connectivity index (χ4v) is 2.84. The SMILES string of the molecule is Cc1cnc(C(=O)Cc2cn3ccsc3n2)c(C)c1. The quantitative estimate of drug-likeness (QED) is 0.688. The van der Waals surface area contributed by atoms with Crippen LogP contribution in [0.5, 0.6) is 0 Å². The molecular weight excluding hydrogens is 258 g/mol. The van der Waals surface area contributed by atoms with Crippen LogP contribution >= 0.6 is 11.3 Å². The van der Waals surface area contributed by atoms with Crippen molar-refractivity contribution in [2.75, 3.05) is 0 Å². The summed E-state index contributed by atoms with van der Waals surface area (Å²) >= 11 is 1.56. The van der Waals surface area contributed by atoms with Crippen LogP contribution in [0, 0.1) is 13.8 Å². The van der Waals surface area contributed by atoms with Crippen LogP contribution < -0.4 is 0 Å². The van der Waals surface area contributed by atoms with Gasteiger partial charge < -0.3 is 0 Å². The molecule has 3 aromatic rings. The average molecular weight is 271 g/mol. The number of aromatic nitrogens is 3. The summed E-state index contributed by atoms with van der Waals surface area (Å²) in [5.41, 5.74) is 3.32. The second-order valence-electron chi connectivity index (χ2n) is 4.60. The van der Waals surface area contributed by atoms with Crippen molar-refractivity contribution in [2.45, 2.75) is 20.3 Å². The van der Waals surface area contributed by atoms with E-state index in [2.05, 4.69) is 9.97 Å². The highest BCUT2D eigenvalue weighted by atomic mass is 32.1. The molecule has 0 N–H and O–H groups in total. The molecule has 0 unspecified atom stereocenters. The second kappa shape index (κ2) is 4.59. The summed E-state index contributed by atoms with van der Waals surface area (Å²) in [7, 11) is 0. The van der Waals surface area contributed by atoms with E-state index < -0.39 is 0 Å². The summed E-state index contributed by atoms with van der Waals surface area (Å²) in [5, 5.41) is 1.97. The van der Waals surface area contributed by atoms with Gasteiger partial charge in [-0.1, -0.05) is 6.07 Å². The maximum Gasteiger partial charge on any atom is 0.193 e. The van der Waals surface area contributed by atoms with Crippen molar-refractivity contribution in [3.05, 3.63) is 52.6 Å². The average Bonchev–Trinajstić information content (AvgIpc) is 2.89. The maximum absolute atomic E-state index is 12.2. The Morgan fingerprint density at radius 3 is 3.00 bits per heavy atom. The van der Waals surface area contributed by atoms with Crippen LogP contribution in [0.3, 0.4) is 0 Å². The number of carbonyl (C=O) groups is 1. The molecule has 0 aliphatic heterocycles. The van der Waals surface area contributed by atoms with Gasteiger partial charge in [0, 0.05) is 24.0 Å². The van der Waals surface area contributed by atoms with Gasteiger partial charge in [0.1, 0.15) is 5.69 Å². The lowest BCUT2D eigenvalue weighted by atomic mass is 10.1. The third kappa shape index (κ3) is 2.29. The van der Waals surface area contributed by atoms with E-state index in [9.17, 15) is 4.79 Å². The predicted molar refractivity (Wildman–Crippen MR) is 74.8 cm³/mol. The Kier molecular flexibility index (Phi) is 2.91. The summed E-state index contributed by atoms with van der Waals surface area (Å²) in [5.74, 6) is 0.0169. The number of carbonyl (C=O) groups excluding carboxylic acids is 1. The summed E-state index contributed by atoms with van der Waals surface area (Å²) in [6.45, 7) is 3.89. The van der Waals surface area contributed by atoms with E-state index in [1.165, 1.54) is 0 Å². The molecule has 5 heteroatoms. The van der Waals surface area contributed by atoms with Gasteiger partial charge in [-0.05, 0) is 25.0 Å². The first-order chi connectivity index (χ1) is 9.13. The van der Waals surface area contributed by atoms with Crippen LogP contribution in [0.2, 0.25) is 0 Å². The highest BCUT2D eigenvalue weighted by Gasteiger charge is 2.14. The molecule has 0 aliphatic carbocycles. The van der Waals surface area contributed by atoms with Gasteiger partial charge in [-0.25, -0.2) is 4.98 Å². The number of pyridine rings is 1. The molecule has 0 saturated heterocycles. The van der Waals surface area contributed by atoms with Gasteiger partial charge in [0.2, 0.25) is 0 Å². The first-order valence-electron chi connectivity index (χ1n) is 6.01. The third-order valence-electron chi connectivity index (χ3n) is 2.96. The van der Waals surface area contributed by atoms with Gasteiger partial charge in [-0.2, -0.15) is 0 Å². The minimum absolute atomic E-state index is 0.0169. The highest BCUT2D eigenvalue weighted by Crippen LogP contribution is 2.14. The van der Waals surface area contributed by atoms with Gasteiger partial charge in [-0.15, -0.1) is 11.3 Å². The first kappa shape index (κ1) is 12.0. The highest BCUT2D eigenvalue weighted by molar-refractivity contribution is 7.15. The number of aryl methyl sites for hydroxylation is 2. The van der Waals surface area contributed by atoms with Crippen molar-refractivity contribution in [1.29, 1.82) is 0 Å². The molecule has 0 fully saturated rings. The number of imidazole rings is 1. The van der Waals surface area contributed by atoms with Crippen molar-refractivity contribution < 1.29 is 4.79 Å². The lowest BCUT2D eigenvalue weighted by molar-refractivity contribution is 0.0986. The molecule has 3 rings (SSSR count). The standard InChI is InChI=1S/C14H13N3OS/c1-9-5-10(2)13(15-7-9)12(18)6-11-8-17-3-4-19-14(17)16-11/h3-5,7-8H,6H2,1-2H3. The summed E-state index contributed by atoms with van der Waals surface area (Å²) in [6.07, 6.45) is 5.86. The Bertz CT molecular complexity index is 728. The van der Waals surface area contributed by atoms with Gasteiger partial charge in [0.25, 0.3) is 0 Å². The number of fused-ring (bicyclic) bond motifs is 1. The molecule has 0 aliphatic rings. The Labute approximate surface area is 114 Å². The molecule has 0 atom stereocenters. The third-order valence-corrected chi connectivity index (χ3v) is 3.73.